The minimum Gasteiger partial charge on any atom is -0.272 e. The summed E-state index contributed by atoms with van der Waals surface area (Å²) in [4.78, 5) is 37.9. The molecule has 5 aliphatic rings. The molecule has 1 aromatic carbocycles. The van der Waals surface area contributed by atoms with Gasteiger partial charge in [-0.25, -0.2) is 0 Å². The van der Waals surface area contributed by atoms with E-state index in [1.165, 1.54) is 0 Å². The van der Waals surface area contributed by atoms with Crippen LogP contribution in [0, 0.1) is 35.5 Å². The van der Waals surface area contributed by atoms with E-state index in [0.29, 0.717) is 17.4 Å². The number of benzene rings is 1. The number of rotatable bonds is 2. The molecular weight excluding hydrogens is 372 g/mol. The molecule has 5 nitrogen and oxygen atoms in total. The maximum atomic E-state index is 12.8. The molecule has 1 saturated heterocycles. The Kier molecular flexibility index (Phi) is 2.87. The number of amides is 3. The lowest BCUT2D eigenvalue weighted by atomic mass is 9.63. The Morgan fingerprint density at radius 1 is 1.00 bits per heavy atom. The predicted molar refractivity (Wildman–Crippen MR) is 88.2 cm³/mol. The number of halogens is 1. The van der Waals surface area contributed by atoms with Crippen LogP contribution >= 0.6 is 15.9 Å². The fourth-order valence-corrected chi connectivity index (χ4v) is 5.10. The Hall–Kier alpha value is -1.95. The Morgan fingerprint density at radius 3 is 2.08 bits per heavy atom. The molecule has 24 heavy (non-hydrogen) atoms. The summed E-state index contributed by atoms with van der Waals surface area (Å²) in [5.41, 5.74) is 2.94. The lowest BCUT2D eigenvalue weighted by Crippen LogP contribution is -2.46. The van der Waals surface area contributed by atoms with Crippen molar-refractivity contribution < 1.29 is 14.4 Å². The molecule has 3 amide bonds. The zero-order valence-corrected chi connectivity index (χ0v) is 14.3. The topological polar surface area (TPSA) is 66.5 Å². The molecule has 1 aliphatic heterocycles. The van der Waals surface area contributed by atoms with Crippen molar-refractivity contribution in [1.82, 2.24) is 10.4 Å². The van der Waals surface area contributed by atoms with Gasteiger partial charge in [-0.2, -0.15) is 5.01 Å². The molecule has 0 spiro atoms. The van der Waals surface area contributed by atoms with E-state index in [-0.39, 0.29) is 35.5 Å². The molecule has 6 heteroatoms. The minimum atomic E-state index is -0.437. The van der Waals surface area contributed by atoms with Gasteiger partial charge in [-0.1, -0.05) is 28.1 Å². The summed E-state index contributed by atoms with van der Waals surface area (Å²) in [5.74, 6) is -0.0797. The van der Waals surface area contributed by atoms with Crippen LogP contribution in [0.5, 0.6) is 0 Å². The van der Waals surface area contributed by atoms with Gasteiger partial charge < -0.3 is 0 Å². The summed E-state index contributed by atoms with van der Waals surface area (Å²) in [6.07, 6.45) is 5.36. The third-order valence-corrected chi connectivity index (χ3v) is 6.51. The fraction of sp³-hybridized carbons (Fsp3) is 0.389. The van der Waals surface area contributed by atoms with Gasteiger partial charge in [0.15, 0.2) is 0 Å². The zero-order valence-electron chi connectivity index (χ0n) is 12.7. The molecule has 2 bridgehead atoms. The van der Waals surface area contributed by atoms with E-state index in [2.05, 4.69) is 33.5 Å². The highest BCUT2D eigenvalue weighted by Crippen LogP contribution is 2.65. The normalized spacial score (nSPS) is 38.1. The van der Waals surface area contributed by atoms with E-state index < -0.39 is 5.91 Å². The molecule has 122 valence electrons. The Bertz CT molecular complexity index is 767. The number of imide groups is 1. The van der Waals surface area contributed by atoms with E-state index in [1.807, 2.05) is 0 Å². The molecule has 1 N–H and O–H groups in total. The van der Waals surface area contributed by atoms with Gasteiger partial charge in [-0.15, -0.1) is 0 Å². The lowest BCUT2D eigenvalue weighted by molar-refractivity contribution is -0.143. The van der Waals surface area contributed by atoms with Crippen molar-refractivity contribution in [3.8, 4) is 0 Å². The number of allylic oxidation sites excluding steroid dienone is 2. The lowest BCUT2D eigenvalue weighted by Gasteiger charge is -2.37. The van der Waals surface area contributed by atoms with Crippen LogP contribution in [0.3, 0.4) is 0 Å². The van der Waals surface area contributed by atoms with Crippen molar-refractivity contribution in [1.29, 1.82) is 0 Å². The molecule has 1 heterocycles. The van der Waals surface area contributed by atoms with Gasteiger partial charge in [0.2, 0.25) is 0 Å². The van der Waals surface area contributed by atoms with Crippen LogP contribution < -0.4 is 5.43 Å². The Balaban J connectivity index is 1.40. The zero-order chi connectivity index (χ0) is 16.6. The summed E-state index contributed by atoms with van der Waals surface area (Å²) in [6, 6.07) is 6.80. The highest BCUT2D eigenvalue weighted by molar-refractivity contribution is 9.10. The summed E-state index contributed by atoms with van der Waals surface area (Å²) in [5, 5.41) is 0.970. The largest absolute Gasteiger partial charge is 0.272 e. The first kappa shape index (κ1) is 14.4. The number of hydrazine groups is 1. The summed E-state index contributed by atoms with van der Waals surface area (Å²) < 4.78 is 0.861. The number of nitrogens with one attached hydrogen (secondary N) is 1. The molecule has 0 unspecified atom stereocenters. The number of hydrogen-bond acceptors (Lipinski definition) is 3. The highest BCUT2D eigenvalue weighted by Gasteiger charge is 2.67. The molecule has 2 saturated carbocycles. The molecule has 3 fully saturated rings. The first-order chi connectivity index (χ1) is 11.6. The van der Waals surface area contributed by atoms with Crippen molar-refractivity contribution in [3.05, 3.63) is 46.5 Å². The van der Waals surface area contributed by atoms with Crippen LogP contribution in [0.25, 0.3) is 0 Å². The number of carbonyl (C=O) groups excluding carboxylic acids is 3. The third kappa shape index (κ3) is 1.83. The van der Waals surface area contributed by atoms with Crippen LogP contribution in [0.2, 0.25) is 0 Å². The SMILES string of the molecule is O=C(NN1C(=O)[C@@H]2[C@@H]3C=C[C@H]([C@H]4C[C@H]34)[C@@H]2C1=O)c1ccc(Br)cc1. The first-order valence-corrected chi connectivity index (χ1v) is 8.98. The fourth-order valence-electron chi connectivity index (χ4n) is 4.83. The molecule has 0 aromatic heterocycles. The van der Waals surface area contributed by atoms with Crippen LogP contribution in [0.4, 0.5) is 0 Å². The molecule has 1 aromatic rings. The Morgan fingerprint density at radius 2 is 1.54 bits per heavy atom. The number of hydrogen-bond donors (Lipinski definition) is 1. The van der Waals surface area contributed by atoms with Crippen LogP contribution in [0.15, 0.2) is 40.9 Å². The number of carbonyl (C=O) groups is 3. The van der Waals surface area contributed by atoms with Crippen molar-refractivity contribution in [2.45, 2.75) is 6.42 Å². The van der Waals surface area contributed by atoms with Crippen LogP contribution in [-0.4, -0.2) is 22.7 Å². The van der Waals surface area contributed by atoms with Crippen molar-refractivity contribution in [3.63, 3.8) is 0 Å². The van der Waals surface area contributed by atoms with Crippen molar-refractivity contribution in [2.75, 3.05) is 0 Å². The average Bonchev–Trinajstić information content (AvgIpc) is 3.36. The molecule has 0 radical (unpaired) electrons. The van der Waals surface area contributed by atoms with E-state index in [4.69, 9.17) is 0 Å². The van der Waals surface area contributed by atoms with Gasteiger partial charge in [0.05, 0.1) is 11.8 Å². The quantitative estimate of drug-likeness (QED) is 0.625. The van der Waals surface area contributed by atoms with Gasteiger partial charge in [0.1, 0.15) is 0 Å². The monoisotopic (exact) mass is 386 g/mol. The third-order valence-electron chi connectivity index (χ3n) is 5.98. The van der Waals surface area contributed by atoms with Gasteiger partial charge in [0.25, 0.3) is 17.7 Å². The molecular formula is C18H15BrN2O3. The maximum Gasteiger partial charge on any atom is 0.270 e. The van der Waals surface area contributed by atoms with Crippen molar-refractivity contribution in [2.24, 2.45) is 35.5 Å². The van der Waals surface area contributed by atoms with Gasteiger partial charge in [-0.05, 0) is 54.4 Å². The van der Waals surface area contributed by atoms with Crippen molar-refractivity contribution >= 4 is 33.7 Å². The average molecular weight is 387 g/mol. The van der Waals surface area contributed by atoms with Gasteiger partial charge in [0, 0.05) is 10.0 Å². The standard InChI is InChI=1S/C18H15BrN2O3/c19-9-3-1-8(2-4-9)16(22)20-21-17(23)14-10-5-6-11(13-7-12(10)13)15(14)18(21)24/h1-6,10-15H,7H2,(H,20,22)/t10-,11-,12-,13-,14-,15+/m1/s1. The van der Waals surface area contributed by atoms with E-state index in [1.54, 1.807) is 24.3 Å². The molecule has 6 rings (SSSR count). The van der Waals surface area contributed by atoms with E-state index >= 15 is 0 Å². The van der Waals surface area contributed by atoms with E-state index in [0.717, 1.165) is 15.9 Å². The number of nitrogens with zero attached hydrogens (tertiary/aromatic N) is 1. The summed E-state index contributed by atoms with van der Waals surface area (Å²) in [7, 11) is 0. The summed E-state index contributed by atoms with van der Waals surface area (Å²) >= 11 is 3.32. The van der Waals surface area contributed by atoms with Crippen LogP contribution in [-0.2, 0) is 9.59 Å². The first-order valence-electron chi connectivity index (χ1n) is 8.19. The van der Waals surface area contributed by atoms with Crippen LogP contribution in [0.1, 0.15) is 16.8 Å². The van der Waals surface area contributed by atoms with Gasteiger partial charge in [-0.3, -0.25) is 19.8 Å². The predicted octanol–water partition coefficient (Wildman–Crippen LogP) is 2.15. The second-order valence-corrected chi connectivity index (χ2v) is 8.03. The second-order valence-electron chi connectivity index (χ2n) is 7.11. The highest BCUT2D eigenvalue weighted by atomic mass is 79.9. The van der Waals surface area contributed by atoms with E-state index in [9.17, 15) is 14.4 Å². The van der Waals surface area contributed by atoms with Gasteiger partial charge >= 0.3 is 0 Å². The minimum absolute atomic E-state index is 0.163. The summed E-state index contributed by atoms with van der Waals surface area (Å²) in [6.45, 7) is 0. The maximum absolute atomic E-state index is 12.8. The molecule has 6 atom stereocenters. The Labute approximate surface area is 147 Å². The molecule has 4 aliphatic carbocycles. The smallest absolute Gasteiger partial charge is 0.270 e. The second kappa shape index (κ2) is 4.79.